The van der Waals surface area contributed by atoms with Gasteiger partial charge in [-0.15, -0.1) is 0 Å². The molecule has 1 aliphatic heterocycles. The smallest absolute Gasteiger partial charge is 0.136 e. The third-order valence-electron chi connectivity index (χ3n) is 9.29. The van der Waals surface area contributed by atoms with Crippen LogP contribution in [0.3, 0.4) is 0 Å². The summed E-state index contributed by atoms with van der Waals surface area (Å²) >= 11 is 0. The van der Waals surface area contributed by atoms with Gasteiger partial charge in [0.25, 0.3) is 0 Å². The van der Waals surface area contributed by atoms with Gasteiger partial charge < -0.3 is 4.74 Å². The fourth-order valence-electron chi connectivity index (χ4n) is 7.42. The predicted molar refractivity (Wildman–Crippen MR) is 190 cm³/mol. The topological polar surface area (TPSA) is 9.23 Å². The van der Waals surface area contributed by atoms with Crippen molar-refractivity contribution < 1.29 is 11.6 Å². The molecule has 0 amide bonds. The van der Waals surface area contributed by atoms with Crippen molar-refractivity contribution in [2.75, 3.05) is 0 Å². The van der Waals surface area contributed by atoms with E-state index in [4.69, 9.17) is 11.6 Å². The molecule has 9 aromatic rings. The van der Waals surface area contributed by atoms with E-state index in [1.165, 1.54) is 5.39 Å². The van der Waals surface area contributed by atoms with Crippen LogP contribution in [0, 0.1) is 0 Å². The van der Waals surface area contributed by atoms with Crippen molar-refractivity contribution in [3.8, 4) is 44.9 Å². The zero-order valence-corrected chi connectivity index (χ0v) is 24.0. The van der Waals surface area contributed by atoms with Crippen molar-refractivity contribution in [2.45, 2.75) is 0 Å². The standard InChI is InChI=1S/C44H26O/c1-2-12-28(13-3-1)41-34-17-8-9-18-35(34)42(44-32-16-7-4-11-27(32)21-23-37(41)44)30-22-24-39-38(25-30)36-20-10-19-33-31-15-6-5-14-29(31)26-40(45-39)43(33)36/h1-26H/i1D,2D,3D,12D,13D. The Labute approximate surface area is 267 Å². The number of benzene rings is 9. The van der Waals surface area contributed by atoms with Crippen molar-refractivity contribution in [2.24, 2.45) is 0 Å². The Balaban J connectivity index is 1.34. The van der Waals surface area contributed by atoms with E-state index in [1.807, 2.05) is 36.4 Å². The summed E-state index contributed by atoms with van der Waals surface area (Å²) in [5.74, 6) is 1.64. The molecule has 208 valence electrons. The SMILES string of the molecule is [2H]c1c([2H])c([2H])c(-c2c3ccccc3c(-c3ccc4c(c3)-c3cccc5c3c(cc3ccccc35)O4)c3c2ccc2ccccc23)c([2H])c1[2H]. The molecule has 10 rings (SSSR count). The molecule has 0 bridgehead atoms. The minimum atomic E-state index is -0.402. The second-order valence-electron chi connectivity index (χ2n) is 11.6. The molecule has 0 saturated carbocycles. The van der Waals surface area contributed by atoms with Crippen LogP contribution in [0.4, 0.5) is 0 Å². The summed E-state index contributed by atoms with van der Waals surface area (Å²) in [6.45, 7) is 0. The summed E-state index contributed by atoms with van der Waals surface area (Å²) in [6.07, 6.45) is 0. The molecule has 0 radical (unpaired) electrons. The first-order valence-electron chi connectivity index (χ1n) is 17.6. The quantitative estimate of drug-likeness (QED) is 0.147. The highest BCUT2D eigenvalue weighted by Crippen LogP contribution is 2.51. The van der Waals surface area contributed by atoms with Crippen LogP contribution in [0.25, 0.3) is 87.2 Å². The molecule has 1 heteroatoms. The van der Waals surface area contributed by atoms with E-state index in [0.717, 1.165) is 82.2 Å². The van der Waals surface area contributed by atoms with Gasteiger partial charge in [0.1, 0.15) is 11.5 Å². The molecular formula is C44H26O. The first-order chi connectivity index (χ1) is 24.4. The summed E-state index contributed by atoms with van der Waals surface area (Å²) in [5.41, 5.74) is 4.97. The maximum absolute atomic E-state index is 8.99. The van der Waals surface area contributed by atoms with Gasteiger partial charge in [-0.3, -0.25) is 0 Å². The van der Waals surface area contributed by atoms with Crippen LogP contribution in [0.5, 0.6) is 11.5 Å². The van der Waals surface area contributed by atoms with E-state index < -0.39 is 6.04 Å². The zero-order chi connectivity index (χ0) is 33.8. The summed E-state index contributed by atoms with van der Waals surface area (Å²) < 4.78 is 49.9. The molecule has 9 aromatic carbocycles. The fourth-order valence-corrected chi connectivity index (χ4v) is 7.42. The maximum atomic E-state index is 8.99. The largest absolute Gasteiger partial charge is 0.456 e. The molecular weight excluding hydrogens is 544 g/mol. The Morgan fingerprint density at radius 2 is 1.11 bits per heavy atom. The number of rotatable bonds is 2. The van der Waals surface area contributed by atoms with Gasteiger partial charge in [0.15, 0.2) is 0 Å². The monoisotopic (exact) mass is 575 g/mol. The number of hydrogen-bond donors (Lipinski definition) is 0. The maximum Gasteiger partial charge on any atom is 0.136 e. The second kappa shape index (κ2) is 9.29. The van der Waals surface area contributed by atoms with Crippen LogP contribution in [0.2, 0.25) is 0 Å². The van der Waals surface area contributed by atoms with Crippen LogP contribution in [-0.4, -0.2) is 0 Å². The van der Waals surface area contributed by atoms with Crippen LogP contribution in [-0.2, 0) is 0 Å². The Bertz CT molecular complexity index is 2940. The van der Waals surface area contributed by atoms with E-state index in [0.29, 0.717) is 5.56 Å². The van der Waals surface area contributed by atoms with Crippen LogP contribution >= 0.6 is 0 Å². The van der Waals surface area contributed by atoms with Gasteiger partial charge in [-0.05, 0) is 94.5 Å². The molecule has 0 unspecified atom stereocenters. The van der Waals surface area contributed by atoms with Gasteiger partial charge >= 0.3 is 0 Å². The van der Waals surface area contributed by atoms with E-state index in [2.05, 4.69) is 91.0 Å². The Morgan fingerprint density at radius 3 is 1.96 bits per heavy atom. The van der Waals surface area contributed by atoms with Crippen LogP contribution in [0.15, 0.2) is 158 Å². The van der Waals surface area contributed by atoms with E-state index in [1.54, 1.807) is 0 Å². The molecule has 0 spiro atoms. The van der Waals surface area contributed by atoms with E-state index in [-0.39, 0.29) is 29.7 Å². The molecule has 0 aliphatic carbocycles. The van der Waals surface area contributed by atoms with Crippen molar-refractivity contribution in [3.63, 3.8) is 0 Å². The highest BCUT2D eigenvalue weighted by atomic mass is 16.5. The highest BCUT2D eigenvalue weighted by Gasteiger charge is 2.24. The van der Waals surface area contributed by atoms with E-state index >= 15 is 0 Å². The molecule has 45 heavy (non-hydrogen) atoms. The fraction of sp³-hybridized carbons (Fsp3) is 0. The minimum Gasteiger partial charge on any atom is -0.456 e. The third-order valence-corrected chi connectivity index (χ3v) is 9.29. The molecule has 0 saturated heterocycles. The van der Waals surface area contributed by atoms with Crippen molar-refractivity contribution in [3.05, 3.63) is 158 Å². The number of fused-ring (bicyclic) bond motifs is 8. The van der Waals surface area contributed by atoms with Crippen molar-refractivity contribution in [1.82, 2.24) is 0 Å². The summed E-state index contributed by atoms with van der Waals surface area (Å²) in [6, 6.07) is 42.1. The van der Waals surface area contributed by atoms with Gasteiger partial charge in [0.05, 0.1) is 6.85 Å². The first kappa shape index (κ1) is 20.1. The lowest BCUT2D eigenvalue weighted by Gasteiger charge is -2.24. The first-order valence-corrected chi connectivity index (χ1v) is 15.1. The third kappa shape index (κ3) is 3.50. The molecule has 0 aromatic heterocycles. The minimum absolute atomic E-state index is 0.202. The lowest BCUT2D eigenvalue weighted by atomic mass is 9.83. The Morgan fingerprint density at radius 1 is 0.400 bits per heavy atom. The van der Waals surface area contributed by atoms with Gasteiger partial charge in [-0.25, -0.2) is 0 Å². The van der Waals surface area contributed by atoms with Crippen molar-refractivity contribution >= 4 is 53.9 Å². The van der Waals surface area contributed by atoms with Crippen LogP contribution < -0.4 is 4.74 Å². The average molecular weight is 576 g/mol. The average Bonchev–Trinajstić information content (AvgIpc) is 3.16. The van der Waals surface area contributed by atoms with E-state index in [9.17, 15) is 0 Å². The summed E-state index contributed by atoms with van der Waals surface area (Å²) in [5, 5.41) is 10.2. The lowest BCUT2D eigenvalue weighted by molar-refractivity contribution is 0.488. The number of hydrogen-bond acceptors (Lipinski definition) is 1. The zero-order valence-electron chi connectivity index (χ0n) is 29.0. The molecule has 0 atom stereocenters. The highest BCUT2D eigenvalue weighted by molar-refractivity contribution is 6.28. The molecule has 0 fully saturated rings. The van der Waals surface area contributed by atoms with Gasteiger partial charge in [0.2, 0.25) is 0 Å². The van der Waals surface area contributed by atoms with Crippen LogP contribution in [0.1, 0.15) is 6.85 Å². The summed E-state index contributed by atoms with van der Waals surface area (Å²) in [4.78, 5) is 0. The number of ether oxygens (including phenoxy) is 1. The second-order valence-corrected chi connectivity index (χ2v) is 11.6. The molecule has 0 N–H and O–H groups in total. The Hall–Kier alpha value is -5.92. The van der Waals surface area contributed by atoms with Crippen molar-refractivity contribution in [1.29, 1.82) is 0 Å². The molecule has 1 nitrogen and oxygen atoms in total. The van der Waals surface area contributed by atoms with Gasteiger partial charge in [-0.1, -0.05) is 139 Å². The Kier molecular flexibility index (Phi) is 4.15. The molecule has 1 aliphatic rings. The summed E-state index contributed by atoms with van der Waals surface area (Å²) in [7, 11) is 0. The normalized spacial score (nSPS) is 13.7. The van der Waals surface area contributed by atoms with Gasteiger partial charge in [0, 0.05) is 10.9 Å². The predicted octanol–water partition coefficient (Wildman–Crippen LogP) is 12.6. The lowest BCUT2D eigenvalue weighted by Crippen LogP contribution is -1.98. The molecule has 1 heterocycles. The van der Waals surface area contributed by atoms with Gasteiger partial charge in [-0.2, -0.15) is 0 Å².